The van der Waals surface area contributed by atoms with Crippen LogP contribution in [0.3, 0.4) is 0 Å². The van der Waals surface area contributed by atoms with Crippen LogP contribution in [0.2, 0.25) is 0 Å². The number of allylic oxidation sites excluding steroid dienone is 3. The maximum Gasteiger partial charge on any atom is 0.0582 e. The second kappa shape index (κ2) is 14.8. The molecule has 2 heteroatoms. The zero-order valence-electron chi connectivity index (χ0n) is 38.6. The van der Waals surface area contributed by atoms with Crippen molar-refractivity contribution < 1.29 is 0 Å². The standard InChI is InChI=1S/C64H54N2/c1-7-17-58-52(8-2)62(3,4)53-18-9-12-21-59(53)65(58)46-30-34-49-45(40-46)29-28-44-38-42(26-32-48(44)49)24-25-43-27-33-50-51-35-31-47(41-57(51)64(56(50)39-43)36-15-16-37-64)66-60-22-13-10-19-54(60)63(5,6)55-20-11-14-23-61(55)66/h2,7,9-14,17-35,38-41H,15-16,36-37H2,1,3-6H3. The molecule has 0 radical (unpaired) electrons. The number of fused-ring (bicyclic) bond motifs is 11. The summed E-state index contributed by atoms with van der Waals surface area (Å²) < 4.78 is 0. The Labute approximate surface area is 390 Å². The van der Waals surface area contributed by atoms with Gasteiger partial charge >= 0.3 is 0 Å². The van der Waals surface area contributed by atoms with E-state index in [-0.39, 0.29) is 16.2 Å². The molecule has 0 amide bonds. The molecule has 8 aromatic carbocycles. The molecule has 2 nitrogen and oxygen atoms in total. The Kier molecular flexibility index (Phi) is 9.04. The van der Waals surface area contributed by atoms with Crippen molar-refractivity contribution in [1.29, 1.82) is 0 Å². The Morgan fingerprint density at radius 3 is 1.62 bits per heavy atom. The van der Waals surface area contributed by atoms with Gasteiger partial charge in [0.1, 0.15) is 0 Å². The van der Waals surface area contributed by atoms with E-state index in [1.54, 1.807) is 0 Å². The highest BCUT2D eigenvalue weighted by Crippen LogP contribution is 2.59. The fraction of sp³-hybridized carbons (Fsp3) is 0.188. The molecule has 0 aromatic heterocycles. The van der Waals surface area contributed by atoms with Gasteiger partial charge in [-0.25, -0.2) is 0 Å². The first-order valence-electron chi connectivity index (χ1n) is 23.8. The van der Waals surface area contributed by atoms with Crippen LogP contribution in [0, 0.1) is 12.3 Å². The van der Waals surface area contributed by atoms with Gasteiger partial charge in [-0.3, -0.25) is 0 Å². The van der Waals surface area contributed by atoms with Crippen LogP contribution in [0.25, 0.3) is 44.8 Å². The topological polar surface area (TPSA) is 6.48 Å². The van der Waals surface area contributed by atoms with Crippen LogP contribution in [0.15, 0.2) is 181 Å². The first kappa shape index (κ1) is 40.2. The third-order valence-corrected chi connectivity index (χ3v) is 15.7. The number of hydrogen-bond donors (Lipinski definition) is 0. The fourth-order valence-corrected chi connectivity index (χ4v) is 12.5. The summed E-state index contributed by atoms with van der Waals surface area (Å²) in [5.41, 5.74) is 20.0. The lowest BCUT2D eigenvalue weighted by Crippen LogP contribution is -2.33. The lowest BCUT2D eigenvalue weighted by molar-refractivity contribution is 0.550. The van der Waals surface area contributed by atoms with E-state index < -0.39 is 0 Å². The first-order chi connectivity index (χ1) is 32.1. The quantitative estimate of drug-likeness (QED) is 0.0967. The summed E-state index contributed by atoms with van der Waals surface area (Å²) >= 11 is 0. The van der Waals surface area contributed by atoms with Crippen molar-refractivity contribution in [2.45, 2.75) is 76.5 Å². The van der Waals surface area contributed by atoms with Crippen molar-refractivity contribution in [3.8, 4) is 23.5 Å². The van der Waals surface area contributed by atoms with Gasteiger partial charge in [-0.05, 0) is 146 Å². The molecular formula is C64H54N2. The predicted octanol–water partition coefficient (Wildman–Crippen LogP) is 17.0. The van der Waals surface area contributed by atoms with E-state index in [4.69, 9.17) is 6.42 Å². The third-order valence-electron chi connectivity index (χ3n) is 15.7. The minimum absolute atomic E-state index is 0.0324. The number of terminal acetylenes is 1. The molecule has 8 aromatic rings. The van der Waals surface area contributed by atoms with Crippen molar-refractivity contribution in [2.75, 3.05) is 9.80 Å². The average molecular weight is 851 g/mol. The molecule has 12 rings (SSSR count). The van der Waals surface area contributed by atoms with E-state index in [0.717, 1.165) is 17.0 Å². The van der Waals surface area contributed by atoms with Gasteiger partial charge in [0, 0.05) is 33.2 Å². The number of hydrogen-bond acceptors (Lipinski definition) is 2. The summed E-state index contributed by atoms with van der Waals surface area (Å²) in [6, 6.07) is 59.5. The second-order valence-corrected chi connectivity index (χ2v) is 20.0. The normalized spacial score (nSPS) is 17.3. The lowest BCUT2D eigenvalue weighted by atomic mass is 9.73. The van der Waals surface area contributed by atoms with Crippen LogP contribution in [0.1, 0.15) is 99.2 Å². The molecule has 0 unspecified atom stereocenters. The molecule has 2 aliphatic carbocycles. The van der Waals surface area contributed by atoms with Gasteiger partial charge in [0.05, 0.1) is 22.8 Å². The van der Waals surface area contributed by atoms with Crippen molar-refractivity contribution in [3.05, 3.63) is 220 Å². The molecule has 0 N–H and O–H groups in total. The Hall–Kier alpha value is -7.34. The highest BCUT2D eigenvalue weighted by molar-refractivity contribution is 6.09. The fourth-order valence-electron chi connectivity index (χ4n) is 12.5. The van der Waals surface area contributed by atoms with Crippen molar-refractivity contribution in [1.82, 2.24) is 0 Å². The minimum atomic E-state index is -0.279. The third kappa shape index (κ3) is 5.82. The monoisotopic (exact) mass is 850 g/mol. The van der Waals surface area contributed by atoms with Crippen LogP contribution in [-0.2, 0) is 16.2 Å². The molecule has 0 saturated heterocycles. The highest BCUT2D eigenvalue weighted by Gasteiger charge is 2.46. The Morgan fingerprint density at radius 2 is 0.985 bits per heavy atom. The Balaban J connectivity index is 0.865. The van der Waals surface area contributed by atoms with Crippen LogP contribution in [0.4, 0.5) is 28.4 Å². The molecule has 1 spiro atoms. The zero-order chi connectivity index (χ0) is 45.0. The van der Waals surface area contributed by atoms with Gasteiger partial charge in [-0.15, -0.1) is 6.42 Å². The summed E-state index contributed by atoms with van der Waals surface area (Å²) in [6.07, 6.45) is 20.0. The number of benzene rings is 8. The van der Waals surface area contributed by atoms with E-state index in [1.807, 2.05) is 0 Å². The largest absolute Gasteiger partial charge is 0.310 e. The van der Waals surface area contributed by atoms with Gasteiger partial charge in [0.2, 0.25) is 0 Å². The van der Waals surface area contributed by atoms with E-state index in [0.29, 0.717) is 0 Å². The van der Waals surface area contributed by atoms with E-state index in [2.05, 4.69) is 232 Å². The highest BCUT2D eigenvalue weighted by atomic mass is 15.2. The average Bonchev–Trinajstić information content (AvgIpc) is 3.94. The Bertz CT molecular complexity index is 3420. The summed E-state index contributed by atoms with van der Waals surface area (Å²) in [5.74, 6) is 3.08. The molecule has 320 valence electrons. The molecule has 4 aliphatic rings. The first-order valence-corrected chi connectivity index (χ1v) is 23.8. The molecule has 0 atom stereocenters. The molecule has 66 heavy (non-hydrogen) atoms. The molecule has 1 fully saturated rings. The number of anilines is 5. The maximum absolute atomic E-state index is 6.26. The molecule has 2 heterocycles. The summed E-state index contributed by atoms with van der Waals surface area (Å²) in [6.45, 7) is 11.3. The maximum atomic E-state index is 6.26. The van der Waals surface area contributed by atoms with Gasteiger partial charge in [-0.2, -0.15) is 0 Å². The van der Waals surface area contributed by atoms with Crippen LogP contribution < -0.4 is 9.80 Å². The van der Waals surface area contributed by atoms with E-state index >= 15 is 0 Å². The van der Waals surface area contributed by atoms with Gasteiger partial charge in [0.15, 0.2) is 0 Å². The minimum Gasteiger partial charge on any atom is -0.310 e. The zero-order valence-corrected chi connectivity index (χ0v) is 38.6. The van der Waals surface area contributed by atoms with Crippen LogP contribution >= 0.6 is 0 Å². The SMILES string of the molecule is C#CC1=C(C=CC)N(c2ccc3c(ccc4cc(C=Cc5ccc6c(c5)C5(CCCC5)c5cc(N7c8ccccc8C(C)(C)c8ccccc87)ccc5-6)ccc43)c2)c2ccccc2C1(C)C. The lowest BCUT2D eigenvalue weighted by Gasteiger charge is -2.42. The van der Waals surface area contributed by atoms with Crippen LogP contribution in [0.5, 0.6) is 0 Å². The van der Waals surface area contributed by atoms with E-state index in [9.17, 15) is 0 Å². The van der Waals surface area contributed by atoms with Gasteiger partial charge < -0.3 is 9.80 Å². The number of nitrogens with zero attached hydrogens (tertiary/aromatic N) is 2. The van der Waals surface area contributed by atoms with E-state index in [1.165, 1.54) is 120 Å². The summed E-state index contributed by atoms with van der Waals surface area (Å²) in [7, 11) is 0. The second-order valence-electron chi connectivity index (χ2n) is 20.0. The summed E-state index contributed by atoms with van der Waals surface area (Å²) in [5, 5.41) is 4.93. The summed E-state index contributed by atoms with van der Waals surface area (Å²) in [4.78, 5) is 4.86. The molecule has 0 bridgehead atoms. The number of para-hydroxylation sites is 3. The Morgan fingerprint density at radius 1 is 0.485 bits per heavy atom. The molecule has 1 saturated carbocycles. The van der Waals surface area contributed by atoms with Crippen molar-refractivity contribution in [2.24, 2.45) is 0 Å². The molecule has 2 aliphatic heterocycles. The smallest absolute Gasteiger partial charge is 0.0582 e. The van der Waals surface area contributed by atoms with Crippen molar-refractivity contribution in [3.63, 3.8) is 0 Å². The van der Waals surface area contributed by atoms with Gasteiger partial charge in [-0.1, -0.05) is 174 Å². The molecular weight excluding hydrogens is 797 g/mol. The van der Waals surface area contributed by atoms with Crippen molar-refractivity contribution >= 4 is 62.1 Å². The van der Waals surface area contributed by atoms with Gasteiger partial charge in [0.25, 0.3) is 0 Å². The predicted molar refractivity (Wildman–Crippen MR) is 281 cm³/mol. The number of rotatable bonds is 5. The van der Waals surface area contributed by atoms with Crippen LogP contribution in [-0.4, -0.2) is 0 Å².